The van der Waals surface area contributed by atoms with Gasteiger partial charge in [0.2, 0.25) is 0 Å². The van der Waals surface area contributed by atoms with E-state index < -0.39 is 0 Å². The standard InChI is InChI=1S/C18H16O4/c19-18(22-13-15-4-2-1-3-5-15)9-7-14-6-8-16-17(12-14)21-11-10-20-16/h1-9,12H,10-11,13H2/b9-7+. The van der Waals surface area contributed by atoms with Gasteiger partial charge in [0.05, 0.1) is 0 Å². The average Bonchev–Trinajstić information content (AvgIpc) is 2.59. The summed E-state index contributed by atoms with van der Waals surface area (Å²) >= 11 is 0. The zero-order valence-electron chi connectivity index (χ0n) is 12.0. The summed E-state index contributed by atoms with van der Waals surface area (Å²) in [6.45, 7) is 1.37. The molecule has 4 nitrogen and oxygen atoms in total. The molecule has 1 aliphatic rings. The van der Waals surface area contributed by atoms with Gasteiger partial charge in [0.1, 0.15) is 19.8 Å². The number of esters is 1. The van der Waals surface area contributed by atoms with Gasteiger partial charge in [0, 0.05) is 6.08 Å². The Kier molecular flexibility index (Phi) is 4.39. The molecule has 22 heavy (non-hydrogen) atoms. The van der Waals surface area contributed by atoms with Gasteiger partial charge in [-0.15, -0.1) is 0 Å². The van der Waals surface area contributed by atoms with Gasteiger partial charge in [-0.2, -0.15) is 0 Å². The van der Waals surface area contributed by atoms with Gasteiger partial charge in [-0.3, -0.25) is 0 Å². The van der Waals surface area contributed by atoms with E-state index in [1.54, 1.807) is 6.08 Å². The molecule has 4 heteroatoms. The van der Waals surface area contributed by atoms with Crippen LogP contribution < -0.4 is 9.47 Å². The van der Waals surface area contributed by atoms with E-state index in [-0.39, 0.29) is 12.6 Å². The molecule has 0 saturated heterocycles. The van der Waals surface area contributed by atoms with Crippen LogP contribution in [0.15, 0.2) is 54.6 Å². The maximum absolute atomic E-state index is 11.7. The minimum Gasteiger partial charge on any atom is -0.486 e. The first-order valence-electron chi connectivity index (χ1n) is 7.10. The maximum Gasteiger partial charge on any atom is 0.331 e. The predicted octanol–water partition coefficient (Wildman–Crippen LogP) is 3.21. The van der Waals surface area contributed by atoms with E-state index in [9.17, 15) is 4.79 Å². The summed E-state index contributed by atoms with van der Waals surface area (Å²) in [7, 11) is 0. The van der Waals surface area contributed by atoms with Gasteiger partial charge in [-0.25, -0.2) is 4.79 Å². The molecule has 0 radical (unpaired) electrons. The zero-order valence-corrected chi connectivity index (χ0v) is 12.0. The Labute approximate surface area is 128 Å². The van der Waals surface area contributed by atoms with E-state index in [0.29, 0.717) is 19.0 Å². The summed E-state index contributed by atoms with van der Waals surface area (Å²) < 4.78 is 16.1. The molecule has 0 unspecified atom stereocenters. The highest BCUT2D eigenvalue weighted by Gasteiger charge is 2.10. The molecule has 3 rings (SSSR count). The molecule has 0 amide bonds. The van der Waals surface area contributed by atoms with Gasteiger partial charge in [0.25, 0.3) is 0 Å². The molecule has 0 fully saturated rings. The van der Waals surface area contributed by atoms with Crippen LogP contribution in [0.5, 0.6) is 11.5 Å². The van der Waals surface area contributed by atoms with Crippen LogP contribution in [0.1, 0.15) is 11.1 Å². The van der Waals surface area contributed by atoms with Crippen LogP contribution in [-0.4, -0.2) is 19.2 Å². The summed E-state index contributed by atoms with van der Waals surface area (Å²) in [5, 5.41) is 0. The van der Waals surface area contributed by atoms with Crippen LogP contribution in [0.3, 0.4) is 0 Å². The molecule has 2 aromatic carbocycles. The maximum atomic E-state index is 11.7. The molecule has 2 aromatic rings. The molecule has 0 spiro atoms. The van der Waals surface area contributed by atoms with Gasteiger partial charge in [-0.1, -0.05) is 36.4 Å². The molecule has 0 aliphatic carbocycles. The quantitative estimate of drug-likeness (QED) is 0.642. The second kappa shape index (κ2) is 6.80. The molecule has 0 N–H and O–H groups in total. The monoisotopic (exact) mass is 296 g/mol. The molecular weight excluding hydrogens is 280 g/mol. The van der Waals surface area contributed by atoms with Crippen LogP contribution in [0.25, 0.3) is 6.08 Å². The summed E-state index contributed by atoms with van der Waals surface area (Å²) in [4.78, 5) is 11.7. The minimum atomic E-state index is -0.376. The number of carbonyl (C=O) groups excluding carboxylic acids is 1. The topological polar surface area (TPSA) is 44.8 Å². The van der Waals surface area contributed by atoms with Crippen LogP contribution in [-0.2, 0) is 16.1 Å². The third-order valence-electron chi connectivity index (χ3n) is 3.20. The number of carbonyl (C=O) groups is 1. The van der Waals surface area contributed by atoms with Crippen molar-refractivity contribution in [2.75, 3.05) is 13.2 Å². The fraction of sp³-hybridized carbons (Fsp3) is 0.167. The molecule has 0 bridgehead atoms. The first-order chi connectivity index (χ1) is 10.8. The van der Waals surface area contributed by atoms with E-state index in [2.05, 4.69) is 0 Å². The summed E-state index contributed by atoms with van der Waals surface area (Å²) in [5.74, 6) is 1.06. The van der Waals surface area contributed by atoms with Crippen molar-refractivity contribution in [2.24, 2.45) is 0 Å². The molecular formula is C18H16O4. The Balaban J connectivity index is 1.58. The number of ether oxygens (including phenoxy) is 3. The van der Waals surface area contributed by atoms with Gasteiger partial charge >= 0.3 is 5.97 Å². The lowest BCUT2D eigenvalue weighted by atomic mass is 10.2. The molecule has 112 valence electrons. The van der Waals surface area contributed by atoms with E-state index in [1.807, 2.05) is 48.5 Å². The van der Waals surface area contributed by atoms with Gasteiger partial charge < -0.3 is 14.2 Å². The first kappa shape index (κ1) is 14.2. The SMILES string of the molecule is O=C(/C=C/c1ccc2c(c1)OCCO2)OCc1ccccc1. The average molecular weight is 296 g/mol. The van der Waals surface area contributed by atoms with E-state index in [4.69, 9.17) is 14.2 Å². The molecule has 0 aromatic heterocycles. The van der Waals surface area contributed by atoms with Gasteiger partial charge in [0.15, 0.2) is 11.5 Å². The van der Waals surface area contributed by atoms with Crippen LogP contribution in [0.4, 0.5) is 0 Å². The summed E-state index contributed by atoms with van der Waals surface area (Å²) in [6.07, 6.45) is 3.11. The van der Waals surface area contributed by atoms with Crippen molar-refractivity contribution < 1.29 is 19.0 Å². The lowest BCUT2D eigenvalue weighted by Crippen LogP contribution is -2.15. The smallest absolute Gasteiger partial charge is 0.331 e. The first-order valence-corrected chi connectivity index (χ1v) is 7.10. The van der Waals surface area contributed by atoms with E-state index in [0.717, 1.165) is 16.9 Å². The summed E-state index contributed by atoms with van der Waals surface area (Å²) in [6, 6.07) is 15.1. The predicted molar refractivity (Wildman–Crippen MR) is 82.7 cm³/mol. The number of hydrogen-bond donors (Lipinski definition) is 0. The number of benzene rings is 2. The lowest BCUT2D eigenvalue weighted by molar-refractivity contribution is -0.138. The van der Waals surface area contributed by atoms with Crippen LogP contribution in [0, 0.1) is 0 Å². The normalized spacial score (nSPS) is 13.1. The Hall–Kier alpha value is -2.75. The fourth-order valence-corrected chi connectivity index (χ4v) is 2.10. The molecule has 1 aliphatic heterocycles. The molecule has 0 saturated carbocycles. The highest BCUT2D eigenvalue weighted by atomic mass is 16.6. The van der Waals surface area contributed by atoms with Crippen molar-refractivity contribution in [1.29, 1.82) is 0 Å². The van der Waals surface area contributed by atoms with E-state index >= 15 is 0 Å². The Morgan fingerprint density at radius 3 is 2.64 bits per heavy atom. The second-order valence-corrected chi connectivity index (χ2v) is 4.83. The van der Waals surface area contributed by atoms with Gasteiger partial charge in [-0.05, 0) is 29.3 Å². The highest BCUT2D eigenvalue weighted by molar-refractivity contribution is 5.87. The van der Waals surface area contributed by atoms with Crippen molar-refractivity contribution in [2.45, 2.75) is 6.61 Å². The van der Waals surface area contributed by atoms with E-state index in [1.165, 1.54) is 6.08 Å². The number of hydrogen-bond acceptors (Lipinski definition) is 4. The fourth-order valence-electron chi connectivity index (χ4n) is 2.10. The van der Waals surface area contributed by atoms with Crippen molar-refractivity contribution in [3.8, 4) is 11.5 Å². The van der Waals surface area contributed by atoms with Crippen molar-refractivity contribution in [3.05, 3.63) is 65.7 Å². The second-order valence-electron chi connectivity index (χ2n) is 4.83. The van der Waals surface area contributed by atoms with Crippen molar-refractivity contribution in [3.63, 3.8) is 0 Å². The summed E-state index contributed by atoms with van der Waals surface area (Å²) in [5.41, 5.74) is 1.82. The Morgan fingerprint density at radius 2 is 1.82 bits per heavy atom. The van der Waals surface area contributed by atoms with Crippen LogP contribution >= 0.6 is 0 Å². The molecule has 0 atom stereocenters. The van der Waals surface area contributed by atoms with Crippen molar-refractivity contribution in [1.82, 2.24) is 0 Å². The third-order valence-corrected chi connectivity index (χ3v) is 3.20. The minimum absolute atomic E-state index is 0.269. The zero-order chi connectivity index (χ0) is 15.2. The number of rotatable bonds is 4. The number of fused-ring (bicyclic) bond motifs is 1. The molecule has 1 heterocycles. The van der Waals surface area contributed by atoms with Crippen LogP contribution in [0.2, 0.25) is 0 Å². The largest absolute Gasteiger partial charge is 0.486 e. The lowest BCUT2D eigenvalue weighted by Gasteiger charge is -2.18. The Bertz CT molecular complexity index is 677. The Morgan fingerprint density at radius 1 is 1.05 bits per heavy atom. The third kappa shape index (κ3) is 3.67. The van der Waals surface area contributed by atoms with Crippen molar-refractivity contribution >= 4 is 12.0 Å². The highest BCUT2D eigenvalue weighted by Crippen LogP contribution is 2.31.